The van der Waals surface area contributed by atoms with Crippen LogP contribution in [0.2, 0.25) is 0 Å². The molecule has 0 unspecified atom stereocenters. The number of hydrogen-bond acceptors (Lipinski definition) is 4. The number of hydrogen-bond donors (Lipinski definition) is 2. The molecule has 0 radical (unpaired) electrons. The standard InChI is InChI=1S/C22H19FN2O3S/c1-13-6-7-14(10-17(13)23)21(26)24-8-9-25-22(27)19-11-15-12-28-18-5-3-2-4-16(18)20(15)29-19/h2-7,10-11H,8-9,12H2,1H3,(H,24,26)(H,25,27). The van der Waals surface area contributed by atoms with E-state index in [9.17, 15) is 14.0 Å². The number of para-hydroxylation sites is 1. The molecule has 4 rings (SSSR count). The van der Waals surface area contributed by atoms with Gasteiger partial charge < -0.3 is 15.4 Å². The largest absolute Gasteiger partial charge is 0.488 e. The van der Waals surface area contributed by atoms with Crippen molar-refractivity contribution in [3.05, 3.63) is 75.9 Å². The summed E-state index contributed by atoms with van der Waals surface area (Å²) in [5, 5.41) is 5.48. The van der Waals surface area contributed by atoms with Crippen LogP contribution in [0, 0.1) is 12.7 Å². The van der Waals surface area contributed by atoms with Gasteiger partial charge in [0.05, 0.1) is 4.88 Å². The molecule has 7 heteroatoms. The van der Waals surface area contributed by atoms with Crippen LogP contribution in [0.3, 0.4) is 0 Å². The van der Waals surface area contributed by atoms with Crippen LogP contribution < -0.4 is 15.4 Å². The van der Waals surface area contributed by atoms with E-state index in [0.717, 1.165) is 21.8 Å². The number of benzene rings is 2. The second kappa shape index (κ2) is 8.05. The van der Waals surface area contributed by atoms with E-state index in [2.05, 4.69) is 10.6 Å². The molecule has 0 aliphatic carbocycles. The summed E-state index contributed by atoms with van der Waals surface area (Å²) in [7, 11) is 0. The number of carbonyl (C=O) groups is 2. The molecule has 3 aromatic rings. The molecule has 1 aliphatic rings. The minimum atomic E-state index is -0.418. The third kappa shape index (κ3) is 4.00. The topological polar surface area (TPSA) is 67.4 Å². The fourth-order valence-electron chi connectivity index (χ4n) is 3.09. The predicted molar refractivity (Wildman–Crippen MR) is 110 cm³/mol. The molecule has 1 aromatic heterocycles. The first-order chi connectivity index (χ1) is 14.0. The van der Waals surface area contributed by atoms with Crippen molar-refractivity contribution in [1.29, 1.82) is 0 Å². The van der Waals surface area contributed by atoms with Gasteiger partial charge in [-0.05, 0) is 42.8 Å². The first-order valence-electron chi connectivity index (χ1n) is 9.20. The van der Waals surface area contributed by atoms with Gasteiger partial charge in [0.15, 0.2) is 0 Å². The maximum atomic E-state index is 13.6. The van der Waals surface area contributed by atoms with Gasteiger partial charge in [-0.3, -0.25) is 9.59 Å². The first kappa shape index (κ1) is 19.1. The number of thiophene rings is 1. The molecule has 0 saturated carbocycles. The van der Waals surface area contributed by atoms with E-state index in [1.807, 2.05) is 30.3 Å². The number of aryl methyl sites for hydroxylation is 1. The Kier molecular flexibility index (Phi) is 5.31. The third-order valence-electron chi connectivity index (χ3n) is 4.68. The molecule has 1 aliphatic heterocycles. The van der Waals surface area contributed by atoms with Gasteiger partial charge in [-0.25, -0.2) is 4.39 Å². The van der Waals surface area contributed by atoms with Crippen molar-refractivity contribution < 1.29 is 18.7 Å². The molecule has 0 saturated heterocycles. The van der Waals surface area contributed by atoms with Crippen molar-refractivity contribution >= 4 is 23.2 Å². The van der Waals surface area contributed by atoms with Crippen LogP contribution in [0.4, 0.5) is 4.39 Å². The molecule has 29 heavy (non-hydrogen) atoms. The van der Waals surface area contributed by atoms with Gasteiger partial charge in [0.2, 0.25) is 0 Å². The van der Waals surface area contributed by atoms with Crippen molar-refractivity contribution in [1.82, 2.24) is 10.6 Å². The van der Waals surface area contributed by atoms with E-state index in [1.165, 1.54) is 17.4 Å². The van der Waals surface area contributed by atoms with Gasteiger partial charge in [-0.1, -0.05) is 18.2 Å². The van der Waals surface area contributed by atoms with Gasteiger partial charge in [0, 0.05) is 34.7 Å². The monoisotopic (exact) mass is 410 g/mol. The van der Waals surface area contributed by atoms with Gasteiger partial charge in [0.1, 0.15) is 18.2 Å². The number of rotatable bonds is 5. The van der Waals surface area contributed by atoms with E-state index in [4.69, 9.17) is 4.74 Å². The smallest absolute Gasteiger partial charge is 0.261 e. The Balaban J connectivity index is 1.32. The fourth-order valence-corrected chi connectivity index (χ4v) is 4.20. The molecule has 2 heterocycles. The van der Waals surface area contributed by atoms with Crippen LogP contribution >= 0.6 is 11.3 Å². The molecular weight excluding hydrogens is 391 g/mol. The van der Waals surface area contributed by atoms with Crippen LogP contribution in [0.25, 0.3) is 10.4 Å². The van der Waals surface area contributed by atoms with Crippen LogP contribution in [0.15, 0.2) is 48.5 Å². The van der Waals surface area contributed by atoms with Crippen LogP contribution in [0.5, 0.6) is 5.75 Å². The van der Waals surface area contributed by atoms with Crippen LogP contribution in [-0.2, 0) is 6.61 Å². The van der Waals surface area contributed by atoms with Crippen LogP contribution in [0.1, 0.15) is 31.2 Å². The van der Waals surface area contributed by atoms with Gasteiger partial charge in [0.25, 0.3) is 11.8 Å². The van der Waals surface area contributed by atoms with Gasteiger partial charge >= 0.3 is 0 Å². The average Bonchev–Trinajstić information content (AvgIpc) is 3.18. The highest BCUT2D eigenvalue weighted by atomic mass is 32.1. The summed E-state index contributed by atoms with van der Waals surface area (Å²) in [6.07, 6.45) is 0. The van der Waals surface area contributed by atoms with Crippen molar-refractivity contribution in [2.45, 2.75) is 13.5 Å². The molecule has 148 valence electrons. The Hall–Kier alpha value is -3.19. The molecule has 0 fully saturated rings. The van der Waals surface area contributed by atoms with Crippen molar-refractivity contribution in [3.63, 3.8) is 0 Å². The minimum absolute atomic E-state index is 0.197. The Morgan fingerprint density at radius 2 is 1.83 bits per heavy atom. The van der Waals surface area contributed by atoms with E-state index in [-0.39, 0.29) is 30.5 Å². The van der Waals surface area contributed by atoms with Crippen LogP contribution in [-0.4, -0.2) is 24.9 Å². The van der Waals surface area contributed by atoms with Gasteiger partial charge in [-0.15, -0.1) is 11.3 Å². The number of halogens is 1. The molecule has 0 atom stereocenters. The Labute approximate surface area is 171 Å². The third-order valence-corrected chi connectivity index (χ3v) is 5.89. The number of carbonyl (C=O) groups excluding carboxylic acids is 2. The molecule has 0 bridgehead atoms. The lowest BCUT2D eigenvalue weighted by Crippen LogP contribution is -2.34. The van der Waals surface area contributed by atoms with Crippen molar-refractivity contribution in [2.75, 3.05) is 13.1 Å². The molecule has 2 N–H and O–H groups in total. The summed E-state index contributed by atoms with van der Waals surface area (Å²) < 4.78 is 19.3. The SMILES string of the molecule is Cc1ccc(C(=O)NCCNC(=O)c2cc3c(s2)-c2ccccc2OC3)cc1F. The first-order valence-corrected chi connectivity index (χ1v) is 10.0. The zero-order chi connectivity index (χ0) is 20.4. The molecule has 2 aromatic carbocycles. The Morgan fingerprint density at radius 1 is 1.07 bits per heavy atom. The summed E-state index contributed by atoms with van der Waals surface area (Å²) in [6, 6.07) is 14.0. The summed E-state index contributed by atoms with van der Waals surface area (Å²) in [6.45, 7) is 2.60. The zero-order valence-corrected chi connectivity index (χ0v) is 16.6. The van der Waals surface area contributed by atoms with Gasteiger partial charge in [-0.2, -0.15) is 0 Å². The summed E-state index contributed by atoms with van der Waals surface area (Å²) in [4.78, 5) is 26.2. The number of ether oxygens (including phenoxy) is 1. The fraction of sp³-hybridized carbons (Fsp3) is 0.182. The highest BCUT2D eigenvalue weighted by Gasteiger charge is 2.22. The highest BCUT2D eigenvalue weighted by molar-refractivity contribution is 7.17. The lowest BCUT2D eigenvalue weighted by molar-refractivity contribution is 0.0929. The van der Waals surface area contributed by atoms with E-state index >= 15 is 0 Å². The zero-order valence-electron chi connectivity index (χ0n) is 15.8. The molecule has 0 spiro atoms. The Morgan fingerprint density at radius 3 is 2.62 bits per heavy atom. The molecule has 2 amide bonds. The summed E-state index contributed by atoms with van der Waals surface area (Å²) >= 11 is 1.43. The average molecular weight is 410 g/mol. The highest BCUT2D eigenvalue weighted by Crippen LogP contribution is 2.42. The summed E-state index contributed by atoms with van der Waals surface area (Å²) in [5.41, 5.74) is 2.73. The van der Waals surface area contributed by atoms with E-state index in [0.29, 0.717) is 17.0 Å². The summed E-state index contributed by atoms with van der Waals surface area (Å²) in [5.74, 6) is -0.168. The predicted octanol–water partition coefficient (Wildman–Crippen LogP) is 3.91. The number of fused-ring (bicyclic) bond motifs is 3. The Bertz CT molecular complexity index is 1090. The lowest BCUT2D eigenvalue weighted by Gasteiger charge is -2.16. The minimum Gasteiger partial charge on any atom is -0.488 e. The van der Waals surface area contributed by atoms with Crippen molar-refractivity contribution in [3.8, 4) is 16.2 Å². The lowest BCUT2D eigenvalue weighted by atomic mass is 10.1. The quantitative estimate of drug-likeness (QED) is 0.627. The number of nitrogens with one attached hydrogen (secondary N) is 2. The van der Waals surface area contributed by atoms with E-state index in [1.54, 1.807) is 19.1 Å². The number of amides is 2. The second-order valence-electron chi connectivity index (χ2n) is 6.73. The second-order valence-corrected chi connectivity index (χ2v) is 7.78. The normalized spacial score (nSPS) is 11.8. The maximum absolute atomic E-state index is 13.6. The molecular formula is C22H19FN2O3S. The maximum Gasteiger partial charge on any atom is 0.261 e. The molecule has 5 nitrogen and oxygen atoms in total. The van der Waals surface area contributed by atoms with E-state index < -0.39 is 5.82 Å². The van der Waals surface area contributed by atoms with Crippen molar-refractivity contribution in [2.24, 2.45) is 0 Å².